The Bertz CT molecular complexity index is 315. The van der Waals surface area contributed by atoms with Crippen molar-refractivity contribution in [3.8, 4) is 0 Å². The summed E-state index contributed by atoms with van der Waals surface area (Å²) in [6, 6.07) is 0.158. The molecule has 0 bridgehead atoms. The van der Waals surface area contributed by atoms with Crippen LogP contribution in [0.15, 0.2) is 0 Å². The largest absolute Gasteiger partial charge is 0.324 e. The highest BCUT2D eigenvalue weighted by Crippen LogP contribution is 2.23. The van der Waals surface area contributed by atoms with Crippen LogP contribution in [0.5, 0.6) is 0 Å². The van der Waals surface area contributed by atoms with Crippen LogP contribution < -0.4 is 5.73 Å². The van der Waals surface area contributed by atoms with E-state index in [0.29, 0.717) is 0 Å². The van der Waals surface area contributed by atoms with E-state index in [4.69, 9.17) is 5.73 Å². The zero-order valence-electron chi connectivity index (χ0n) is 10.4. The molecule has 3 heteroatoms. The number of unbranched alkanes of at least 4 members (excludes halogenated alkanes) is 2. The molecule has 0 radical (unpaired) electrons. The van der Waals surface area contributed by atoms with Crippen molar-refractivity contribution in [3.05, 3.63) is 17.0 Å². The van der Waals surface area contributed by atoms with Gasteiger partial charge in [-0.1, -0.05) is 26.2 Å². The van der Waals surface area contributed by atoms with Gasteiger partial charge in [0.05, 0.1) is 5.69 Å². The van der Waals surface area contributed by atoms with Crippen molar-refractivity contribution in [2.75, 3.05) is 0 Å². The first-order valence-corrected chi connectivity index (χ1v) is 5.83. The van der Waals surface area contributed by atoms with Gasteiger partial charge in [0.15, 0.2) is 0 Å². The van der Waals surface area contributed by atoms with Crippen LogP contribution in [0, 0.1) is 13.8 Å². The maximum absolute atomic E-state index is 6.20. The lowest BCUT2D eigenvalue weighted by molar-refractivity contribution is 0.576. The van der Waals surface area contributed by atoms with Crippen LogP contribution in [-0.2, 0) is 7.05 Å². The summed E-state index contributed by atoms with van der Waals surface area (Å²) >= 11 is 0. The second kappa shape index (κ2) is 5.31. The number of aryl methyl sites for hydroxylation is 2. The molecule has 1 unspecified atom stereocenters. The minimum absolute atomic E-state index is 0.158. The van der Waals surface area contributed by atoms with Crippen LogP contribution in [0.2, 0.25) is 0 Å². The average Bonchev–Trinajstić information content (AvgIpc) is 2.41. The average molecular weight is 209 g/mol. The van der Waals surface area contributed by atoms with Gasteiger partial charge in [0, 0.05) is 24.3 Å². The molecule has 0 aromatic carbocycles. The summed E-state index contributed by atoms with van der Waals surface area (Å²) in [5.41, 5.74) is 9.73. The van der Waals surface area contributed by atoms with Crippen LogP contribution in [-0.4, -0.2) is 9.78 Å². The summed E-state index contributed by atoms with van der Waals surface area (Å²) in [5, 5.41) is 4.40. The monoisotopic (exact) mass is 209 g/mol. The fraction of sp³-hybridized carbons (Fsp3) is 0.750. The van der Waals surface area contributed by atoms with Crippen molar-refractivity contribution in [1.82, 2.24) is 9.78 Å². The third kappa shape index (κ3) is 2.81. The van der Waals surface area contributed by atoms with Crippen molar-refractivity contribution in [3.63, 3.8) is 0 Å². The molecule has 15 heavy (non-hydrogen) atoms. The molecule has 0 amide bonds. The van der Waals surface area contributed by atoms with E-state index < -0.39 is 0 Å². The predicted octanol–water partition coefficient (Wildman–Crippen LogP) is 2.62. The molecule has 0 fully saturated rings. The lowest BCUT2D eigenvalue weighted by atomic mass is 10.00. The van der Waals surface area contributed by atoms with Crippen molar-refractivity contribution in [1.29, 1.82) is 0 Å². The van der Waals surface area contributed by atoms with Gasteiger partial charge in [0.25, 0.3) is 0 Å². The number of hydrogen-bond donors (Lipinski definition) is 1. The first kappa shape index (κ1) is 12.2. The molecule has 2 N–H and O–H groups in total. The van der Waals surface area contributed by atoms with Crippen LogP contribution in [0.3, 0.4) is 0 Å². The van der Waals surface area contributed by atoms with Gasteiger partial charge in [-0.25, -0.2) is 0 Å². The van der Waals surface area contributed by atoms with Gasteiger partial charge in [0.1, 0.15) is 0 Å². The predicted molar refractivity (Wildman–Crippen MR) is 63.8 cm³/mol. The Balaban J connectivity index is 2.68. The zero-order valence-corrected chi connectivity index (χ0v) is 10.4. The van der Waals surface area contributed by atoms with Gasteiger partial charge in [-0.3, -0.25) is 4.68 Å². The smallest absolute Gasteiger partial charge is 0.0644 e. The van der Waals surface area contributed by atoms with Gasteiger partial charge in [0.2, 0.25) is 0 Å². The summed E-state index contributed by atoms with van der Waals surface area (Å²) < 4.78 is 1.92. The van der Waals surface area contributed by atoms with Crippen molar-refractivity contribution < 1.29 is 0 Å². The third-order valence-corrected chi connectivity index (χ3v) is 3.05. The molecule has 0 aliphatic rings. The van der Waals surface area contributed by atoms with Gasteiger partial charge < -0.3 is 5.73 Å². The fourth-order valence-corrected chi connectivity index (χ4v) is 2.09. The standard InChI is InChI=1S/C12H23N3/c1-5-6-7-8-11(13)12-9(2)14-15(4)10(12)3/h11H,5-8,13H2,1-4H3. The van der Waals surface area contributed by atoms with Gasteiger partial charge in [-0.05, 0) is 20.3 Å². The number of nitrogens with zero attached hydrogens (tertiary/aromatic N) is 2. The molecule has 1 aromatic rings. The van der Waals surface area contributed by atoms with E-state index in [9.17, 15) is 0 Å². The quantitative estimate of drug-likeness (QED) is 0.758. The lowest BCUT2D eigenvalue weighted by Crippen LogP contribution is -2.12. The van der Waals surface area contributed by atoms with Gasteiger partial charge in [-0.2, -0.15) is 5.10 Å². The third-order valence-electron chi connectivity index (χ3n) is 3.05. The number of rotatable bonds is 5. The van der Waals surface area contributed by atoms with E-state index in [1.54, 1.807) is 0 Å². The Kier molecular flexibility index (Phi) is 4.33. The minimum Gasteiger partial charge on any atom is -0.324 e. The lowest BCUT2D eigenvalue weighted by Gasteiger charge is -2.12. The van der Waals surface area contributed by atoms with Crippen molar-refractivity contribution in [2.24, 2.45) is 12.8 Å². The number of nitrogens with two attached hydrogens (primary N) is 1. The van der Waals surface area contributed by atoms with E-state index in [1.165, 1.54) is 30.5 Å². The molecular formula is C12H23N3. The zero-order chi connectivity index (χ0) is 11.4. The summed E-state index contributed by atoms with van der Waals surface area (Å²) in [7, 11) is 1.98. The molecule has 86 valence electrons. The Morgan fingerprint density at radius 1 is 1.33 bits per heavy atom. The minimum atomic E-state index is 0.158. The fourth-order valence-electron chi connectivity index (χ4n) is 2.09. The number of aromatic nitrogens is 2. The highest BCUT2D eigenvalue weighted by molar-refractivity contribution is 5.27. The topological polar surface area (TPSA) is 43.8 Å². The van der Waals surface area contributed by atoms with Crippen molar-refractivity contribution in [2.45, 2.75) is 52.5 Å². The summed E-state index contributed by atoms with van der Waals surface area (Å²) in [6.07, 6.45) is 4.80. The Morgan fingerprint density at radius 3 is 2.47 bits per heavy atom. The molecule has 0 saturated heterocycles. The molecule has 1 aromatic heterocycles. The molecule has 0 aliphatic heterocycles. The van der Waals surface area contributed by atoms with Crippen LogP contribution >= 0.6 is 0 Å². The molecule has 3 nitrogen and oxygen atoms in total. The SMILES string of the molecule is CCCCCC(N)c1c(C)nn(C)c1C. The van der Waals surface area contributed by atoms with E-state index in [2.05, 4.69) is 18.9 Å². The molecule has 0 spiro atoms. The van der Waals surface area contributed by atoms with E-state index in [0.717, 1.165) is 12.1 Å². The Hall–Kier alpha value is -0.830. The van der Waals surface area contributed by atoms with Crippen LogP contribution in [0.1, 0.15) is 55.6 Å². The highest BCUT2D eigenvalue weighted by Gasteiger charge is 2.15. The van der Waals surface area contributed by atoms with Gasteiger partial charge in [-0.15, -0.1) is 0 Å². The summed E-state index contributed by atoms with van der Waals surface area (Å²) in [4.78, 5) is 0. The maximum Gasteiger partial charge on any atom is 0.0644 e. The van der Waals surface area contributed by atoms with Crippen molar-refractivity contribution >= 4 is 0 Å². The maximum atomic E-state index is 6.20. The van der Waals surface area contributed by atoms with E-state index >= 15 is 0 Å². The molecule has 1 atom stereocenters. The highest BCUT2D eigenvalue weighted by atomic mass is 15.3. The Morgan fingerprint density at radius 2 is 2.00 bits per heavy atom. The molecule has 0 aliphatic carbocycles. The van der Waals surface area contributed by atoms with E-state index in [1.807, 2.05) is 18.7 Å². The van der Waals surface area contributed by atoms with E-state index in [-0.39, 0.29) is 6.04 Å². The van der Waals surface area contributed by atoms with Crippen LogP contribution in [0.4, 0.5) is 0 Å². The molecule has 1 heterocycles. The molecular weight excluding hydrogens is 186 g/mol. The molecule has 0 saturated carbocycles. The normalized spacial score (nSPS) is 13.1. The second-order valence-corrected chi connectivity index (χ2v) is 4.31. The first-order chi connectivity index (χ1) is 7.07. The summed E-state index contributed by atoms with van der Waals surface area (Å²) in [6.45, 7) is 6.35. The first-order valence-electron chi connectivity index (χ1n) is 5.83. The summed E-state index contributed by atoms with van der Waals surface area (Å²) in [5.74, 6) is 0. The molecule has 1 rings (SSSR count). The number of hydrogen-bond acceptors (Lipinski definition) is 2. The van der Waals surface area contributed by atoms with Crippen LogP contribution in [0.25, 0.3) is 0 Å². The van der Waals surface area contributed by atoms with Gasteiger partial charge >= 0.3 is 0 Å². The second-order valence-electron chi connectivity index (χ2n) is 4.31. The Labute approximate surface area is 92.7 Å².